The Balaban J connectivity index is 1.90. The van der Waals surface area contributed by atoms with E-state index >= 15 is 0 Å². The van der Waals surface area contributed by atoms with Crippen molar-refractivity contribution in [3.8, 4) is 0 Å². The Bertz CT molecular complexity index is 499. The van der Waals surface area contributed by atoms with Crippen molar-refractivity contribution in [1.29, 1.82) is 0 Å². The van der Waals surface area contributed by atoms with Crippen LogP contribution in [0, 0.1) is 0 Å². The van der Waals surface area contributed by atoms with Crippen LogP contribution in [0.3, 0.4) is 0 Å². The lowest BCUT2D eigenvalue weighted by Crippen LogP contribution is -1.95. The van der Waals surface area contributed by atoms with E-state index in [4.69, 9.17) is 22.1 Å². The van der Waals surface area contributed by atoms with E-state index in [1.165, 1.54) is 0 Å². The van der Waals surface area contributed by atoms with E-state index in [0.717, 1.165) is 21.8 Å². The first-order valence-electron chi connectivity index (χ1n) is 5.41. The number of nitrogen functional groups attached to an aromatic ring is 1. The topological polar surface area (TPSA) is 35.2 Å². The predicted octanol–water partition coefficient (Wildman–Crippen LogP) is 3.64. The van der Waals surface area contributed by atoms with Gasteiger partial charge in [0, 0.05) is 10.7 Å². The Hall–Kier alpha value is -1.51. The Labute approximate surface area is 106 Å². The molecule has 0 aromatic heterocycles. The SMILES string of the molecule is Nc1cccc(COCc2ccccc2Cl)c1. The summed E-state index contributed by atoms with van der Waals surface area (Å²) in [5.41, 5.74) is 8.51. The minimum absolute atomic E-state index is 0.508. The number of benzene rings is 2. The predicted molar refractivity (Wildman–Crippen MR) is 70.8 cm³/mol. The number of hydrogen-bond donors (Lipinski definition) is 1. The summed E-state index contributed by atoms with van der Waals surface area (Å²) in [6.45, 7) is 1.05. The Morgan fingerprint density at radius 3 is 2.59 bits per heavy atom. The van der Waals surface area contributed by atoms with E-state index < -0.39 is 0 Å². The maximum absolute atomic E-state index is 6.03. The van der Waals surface area contributed by atoms with Gasteiger partial charge < -0.3 is 10.5 Å². The first-order chi connectivity index (χ1) is 8.25. The van der Waals surface area contributed by atoms with Crippen LogP contribution in [0.4, 0.5) is 5.69 Å². The molecule has 0 saturated heterocycles. The van der Waals surface area contributed by atoms with Crippen LogP contribution in [-0.2, 0) is 18.0 Å². The molecular formula is C14H14ClNO. The zero-order valence-electron chi connectivity index (χ0n) is 9.40. The first-order valence-corrected chi connectivity index (χ1v) is 5.79. The first kappa shape index (κ1) is 12.0. The van der Waals surface area contributed by atoms with Crippen LogP contribution in [0.5, 0.6) is 0 Å². The molecule has 3 heteroatoms. The highest BCUT2D eigenvalue weighted by Crippen LogP contribution is 2.16. The van der Waals surface area contributed by atoms with Crippen molar-refractivity contribution in [2.75, 3.05) is 5.73 Å². The summed E-state index contributed by atoms with van der Waals surface area (Å²) in [7, 11) is 0. The van der Waals surface area contributed by atoms with E-state index in [0.29, 0.717) is 13.2 Å². The third-order valence-corrected chi connectivity index (χ3v) is 2.80. The molecule has 0 heterocycles. The number of hydrogen-bond acceptors (Lipinski definition) is 2. The van der Waals surface area contributed by atoms with Crippen molar-refractivity contribution in [2.45, 2.75) is 13.2 Å². The van der Waals surface area contributed by atoms with Gasteiger partial charge in [0.25, 0.3) is 0 Å². The highest BCUT2D eigenvalue weighted by Gasteiger charge is 1.99. The van der Waals surface area contributed by atoms with Gasteiger partial charge in [-0.05, 0) is 29.3 Å². The highest BCUT2D eigenvalue weighted by molar-refractivity contribution is 6.31. The molecule has 0 radical (unpaired) electrons. The Morgan fingerprint density at radius 1 is 1.00 bits per heavy atom. The molecule has 0 fully saturated rings. The van der Waals surface area contributed by atoms with Crippen LogP contribution in [0.15, 0.2) is 48.5 Å². The van der Waals surface area contributed by atoms with E-state index in [1.54, 1.807) is 0 Å². The molecule has 0 unspecified atom stereocenters. The minimum atomic E-state index is 0.508. The van der Waals surface area contributed by atoms with Crippen molar-refractivity contribution >= 4 is 17.3 Å². The molecule has 0 spiro atoms. The number of halogens is 1. The number of rotatable bonds is 4. The molecule has 2 rings (SSSR count). The zero-order chi connectivity index (χ0) is 12.1. The van der Waals surface area contributed by atoms with Crippen LogP contribution < -0.4 is 5.73 Å². The maximum Gasteiger partial charge on any atom is 0.0735 e. The van der Waals surface area contributed by atoms with Gasteiger partial charge >= 0.3 is 0 Å². The lowest BCUT2D eigenvalue weighted by atomic mass is 10.2. The van der Waals surface area contributed by atoms with Gasteiger partial charge in [0.2, 0.25) is 0 Å². The van der Waals surface area contributed by atoms with Crippen LogP contribution >= 0.6 is 11.6 Å². The smallest absolute Gasteiger partial charge is 0.0735 e. The third-order valence-electron chi connectivity index (χ3n) is 2.44. The molecule has 0 aliphatic rings. The summed E-state index contributed by atoms with van der Waals surface area (Å²) >= 11 is 6.03. The fourth-order valence-electron chi connectivity index (χ4n) is 1.58. The maximum atomic E-state index is 6.03. The molecule has 17 heavy (non-hydrogen) atoms. The molecule has 2 aromatic carbocycles. The molecule has 2 aromatic rings. The number of anilines is 1. The van der Waals surface area contributed by atoms with E-state index in [2.05, 4.69) is 0 Å². The van der Waals surface area contributed by atoms with E-state index in [1.807, 2.05) is 48.5 Å². The second-order valence-electron chi connectivity index (χ2n) is 3.83. The Morgan fingerprint density at radius 2 is 1.82 bits per heavy atom. The van der Waals surface area contributed by atoms with Crippen LogP contribution in [0.2, 0.25) is 5.02 Å². The van der Waals surface area contributed by atoms with Gasteiger partial charge in [-0.15, -0.1) is 0 Å². The standard InChI is InChI=1S/C14H14ClNO/c15-14-7-2-1-5-12(14)10-17-9-11-4-3-6-13(16)8-11/h1-8H,9-10,16H2. The van der Waals surface area contributed by atoms with Crippen LogP contribution in [0.1, 0.15) is 11.1 Å². The van der Waals surface area contributed by atoms with Crippen molar-refractivity contribution in [1.82, 2.24) is 0 Å². The molecule has 0 amide bonds. The molecule has 0 aliphatic heterocycles. The van der Waals surface area contributed by atoms with Crippen molar-refractivity contribution in [3.63, 3.8) is 0 Å². The molecule has 2 N–H and O–H groups in total. The van der Waals surface area contributed by atoms with Gasteiger partial charge in [0.1, 0.15) is 0 Å². The van der Waals surface area contributed by atoms with Gasteiger partial charge in [0.15, 0.2) is 0 Å². The fourth-order valence-corrected chi connectivity index (χ4v) is 1.77. The van der Waals surface area contributed by atoms with Gasteiger partial charge in [-0.2, -0.15) is 0 Å². The van der Waals surface area contributed by atoms with Gasteiger partial charge in [-0.25, -0.2) is 0 Å². The summed E-state index contributed by atoms with van der Waals surface area (Å²) in [5, 5.41) is 0.736. The average molecular weight is 248 g/mol. The second kappa shape index (κ2) is 5.71. The molecule has 0 aliphatic carbocycles. The average Bonchev–Trinajstić information content (AvgIpc) is 2.32. The fraction of sp³-hybridized carbons (Fsp3) is 0.143. The second-order valence-corrected chi connectivity index (χ2v) is 4.24. The zero-order valence-corrected chi connectivity index (χ0v) is 10.2. The summed E-state index contributed by atoms with van der Waals surface area (Å²) in [6, 6.07) is 15.4. The van der Waals surface area contributed by atoms with Gasteiger partial charge in [-0.3, -0.25) is 0 Å². The van der Waals surface area contributed by atoms with Gasteiger partial charge in [-0.1, -0.05) is 41.9 Å². The normalized spacial score (nSPS) is 10.4. The summed E-state index contributed by atoms with van der Waals surface area (Å²) in [5.74, 6) is 0. The summed E-state index contributed by atoms with van der Waals surface area (Å²) in [6.07, 6.45) is 0. The van der Waals surface area contributed by atoms with Crippen molar-refractivity contribution in [3.05, 3.63) is 64.7 Å². The lowest BCUT2D eigenvalue weighted by Gasteiger charge is -2.06. The molecule has 88 valence electrons. The number of ether oxygens (including phenoxy) is 1. The van der Waals surface area contributed by atoms with E-state index in [-0.39, 0.29) is 0 Å². The summed E-state index contributed by atoms with van der Waals surface area (Å²) < 4.78 is 5.60. The molecule has 0 saturated carbocycles. The lowest BCUT2D eigenvalue weighted by molar-refractivity contribution is 0.107. The third kappa shape index (κ3) is 3.48. The molecular weight excluding hydrogens is 234 g/mol. The quantitative estimate of drug-likeness (QED) is 0.838. The highest BCUT2D eigenvalue weighted by atomic mass is 35.5. The van der Waals surface area contributed by atoms with Crippen LogP contribution in [0.25, 0.3) is 0 Å². The molecule has 0 atom stereocenters. The van der Waals surface area contributed by atoms with E-state index in [9.17, 15) is 0 Å². The minimum Gasteiger partial charge on any atom is -0.399 e. The van der Waals surface area contributed by atoms with Crippen molar-refractivity contribution < 1.29 is 4.74 Å². The molecule has 0 bridgehead atoms. The summed E-state index contributed by atoms with van der Waals surface area (Å²) in [4.78, 5) is 0. The van der Waals surface area contributed by atoms with Crippen molar-refractivity contribution in [2.24, 2.45) is 0 Å². The van der Waals surface area contributed by atoms with Gasteiger partial charge in [0.05, 0.1) is 13.2 Å². The monoisotopic (exact) mass is 247 g/mol. The molecule has 2 nitrogen and oxygen atoms in total. The largest absolute Gasteiger partial charge is 0.399 e. The Kier molecular flexibility index (Phi) is 4.02. The van der Waals surface area contributed by atoms with Crippen LogP contribution in [-0.4, -0.2) is 0 Å². The number of nitrogens with two attached hydrogens (primary N) is 1.